The fourth-order valence-corrected chi connectivity index (χ4v) is 5.69. The number of aromatic nitrogens is 4. The molecule has 0 bridgehead atoms. The highest BCUT2D eigenvalue weighted by atomic mass is 32.1. The predicted octanol–water partition coefficient (Wildman–Crippen LogP) is 5.23. The van der Waals surface area contributed by atoms with Crippen LogP contribution in [-0.4, -0.2) is 25.9 Å². The number of benzene rings is 1. The fourth-order valence-electron chi connectivity index (χ4n) is 4.44. The molecule has 0 amide bonds. The Morgan fingerprint density at radius 2 is 2.06 bits per heavy atom. The van der Waals surface area contributed by atoms with Crippen molar-refractivity contribution in [3.05, 3.63) is 52.8 Å². The summed E-state index contributed by atoms with van der Waals surface area (Å²) in [6, 6.07) is 5.65. The second-order valence-electron chi connectivity index (χ2n) is 8.22. The number of ether oxygens (including phenoxy) is 2. The van der Waals surface area contributed by atoms with Crippen molar-refractivity contribution in [2.45, 2.75) is 44.9 Å². The van der Waals surface area contributed by atoms with Gasteiger partial charge in [0.1, 0.15) is 22.0 Å². The summed E-state index contributed by atoms with van der Waals surface area (Å²) < 4.78 is 11.8. The van der Waals surface area contributed by atoms with Gasteiger partial charge in [-0.05, 0) is 48.8 Å². The summed E-state index contributed by atoms with van der Waals surface area (Å²) in [6.07, 6.45) is 9.69. The van der Waals surface area contributed by atoms with Gasteiger partial charge in [0.2, 0.25) is 5.88 Å². The van der Waals surface area contributed by atoms with Crippen molar-refractivity contribution < 1.29 is 14.3 Å². The maximum Gasteiger partial charge on any atom is 0.311 e. The number of fused-ring (bicyclic) bond motifs is 4. The van der Waals surface area contributed by atoms with Crippen LogP contribution in [0.15, 0.2) is 36.8 Å². The van der Waals surface area contributed by atoms with Crippen LogP contribution in [0.2, 0.25) is 0 Å². The van der Waals surface area contributed by atoms with Crippen LogP contribution in [0.25, 0.3) is 21.7 Å². The van der Waals surface area contributed by atoms with E-state index in [-0.39, 0.29) is 11.9 Å². The quantitative estimate of drug-likeness (QED) is 0.316. The molecule has 1 unspecified atom stereocenters. The van der Waals surface area contributed by atoms with Crippen LogP contribution < -0.4 is 9.47 Å². The number of nitrogens with zero attached hydrogens (tertiary/aromatic N) is 4. The van der Waals surface area contributed by atoms with E-state index in [4.69, 9.17) is 19.4 Å². The van der Waals surface area contributed by atoms with Crippen molar-refractivity contribution in [3.8, 4) is 28.9 Å². The van der Waals surface area contributed by atoms with E-state index >= 15 is 0 Å². The van der Waals surface area contributed by atoms with Gasteiger partial charge in [0, 0.05) is 23.3 Å². The first-order valence-corrected chi connectivity index (χ1v) is 11.6. The maximum absolute atomic E-state index is 11.9. The Labute approximate surface area is 188 Å². The van der Waals surface area contributed by atoms with E-state index in [1.165, 1.54) is 16.9 Å². The van der Waals surface area contributed by atoms with Crippen molar-refractivity contribution in [2.75, 3.05) is 0 Å². The molecule has 1 aliphatic carbocycles. The molecule has 0 N–H and O–H groups in total. The zero-order chi connectivity index (χ0) is 21.7. The molecule has 3 aromatic heterocycles. The first-order valence-electron chi connectivity index (χ1n) is 10.8. The molecular formula is C24H20N4O3S. The molecule has 0 saturated carbocycles. The third kappa shape index (κ3) is 3.31. The number of hydrogen-bond donors (Lipinski definition) is 0. The van der Waals surface area contributed by atoms with Gasteiger partial charge in [-0.2, -0.15) is 4.98 Å². The average Bonchev–Trinajstić information content (AvgIpc) is 3.18. The van der Waals surface area contributed by atoms with Crippen molar-refractivity contribution in [1.82, 2.24) is 19.9 Å². The minimum atomic E-state index is -0.219. The molecule has 0 saturated heterocycles. The summed E-state index contributed by atoms with van der Waals surface area (Å²) in [5, 5.41) is 0.973. The Hall–Kier alpha value is -3.39. The summed E-state index contributed by atoms with van der Waals surface area (Å²) in [4.78, 5) is 32.2. The third-order valence-electron chi connectivity index (χ3n) is 6.00. The van der Waals surface area contributed by atoms with Gasteiger partial charge >= 0.3 is 5.97 Å². The second-order valence-corrected chi connectivity index (χ2v) is 9.30. The lowest BCUT2D eigenvalue weighted by Crippen LogP contribution is -2.18. The highest BCUT2D eigenvalue weighted by Crippen LogP contribution is 2.43. The van der Waals surface area contributed by atoms with Gasteiger partial charge < -0.3 is 9.47 Å². The Morgan fingerprint density at radius 3 is 2.94 bits per heavy atom. The summed E-state index contributed by atoms with van der Waals surface area (Å²) in [5.74, 6) is 2.02. The zero-order valence-corrected chi connectivity index (χ0v) is 18.3. The van der Waals surface area contributed by atoms with Crippen molar-refractivity contribution in [2.24, 2.45) is 0 Å². The summed E-state index contributed by atoms with van der Waals surface area (Å²) in [6.45, 7) is 2.03. The van der Waals surface area contributed by atoms with Crippen LogP contribution in [0.1, 0.15) is 48.1 Å². The Kier molecular flexibility index (Phi) is 4.61. The summed E-state index contributed by atoms with van der Waals surface area (Å²) >= 11 is 1.71. The number of aryl methyl sites for hydroxylation is 2. The predicted molar refractivity (Wildman–Crippen MR) is 120 cm³/mol. The normalized spacial score (nSPS) is 17.5. The van der Waals surface area contributed by atoms with Crippen LogP contribution in [0, 0.1) is 0 Å². The molecule has 1 aromatic carbocycles. The molecule has 1 aliphatic heterocycles. The molecule has 2 aliphatic rings. The maximum atomic E-state index is 11.9. The van der Waals surface area contributed by atoms with Crippen molar-refractivity contribution >= 4 is 27.5 Å². The van der Waals surface area contributed by atoms with Crippen molar-refractivity contribution in [3.63, 3.8) is 0 Å². The van der Waals surface area contributed by atoms with Crippen LogP contribution >= 0.6 is 11.3 Å². The molecule has 7 nitrogen and oxygen atoms in total. The number of thiophene rings is 1. The number of hydrogen-bond acceptors (Lipinski definition) is 8. The van der Waals surface area contributed by atoms with Crippen LogP contribution in [0.3, 0.4) is 0 Å². The molecule has 0 spiro atoms. The molecule has 0 fully saturated rings. The first kappa shape index (κ1) is 19.3. The second kappa shape index (κ2) is 7.63. The van der Waals surface area contributed by atoms with Gasteiger partial charge in [-0.15, -0.1) is 11.3 Å². The molecule has 1 atom stereocenters. The number of carbonyl (C=O) groups is 1. The number of esters is 1. The largest absolute Gasteiger partial charge is 0.438 e. The molecule has 0 radical (unpaired) electrons. The van der Waals surface area contributed by atoms with Crippen LogP contribution in [-0.2, 0) is 17.6 Å². The van der Waals surface area contributed by atoms with E-state index < -0.39 is 0 Å². The average molecular weight is 445 g/mol. The lowest BCUT2D eigenvalue weighted by atomic mass is 9.95. The SMILES string of the molecule is CC1CC(=O)Oc2cc(Oc3nc(-c4cnccn4)nc4sc5c(c34)CCCC5)ccc21. The molecule has 160 valence electrons. The molecule has 4 heterocycles. The lowest BCUT2D eigenvalue weighted by molar-refractivity contribution is -0.135. The Balaban J connectivity index is 1.48. The van der Waals surface area contributed by atoms with Gasteiger partial charge in [-0.25, -0.2) is 9.97 Å². The summed E-state index contributed by atoms with van der Waals surface area (Å²) in [5.41, 5.74) is 2.90. The van der Waals surface area contributed by atoms with Crippen LogP contribution in [0.4, 0.5) is 0 Å². The molecule has 8 heteroatoms. The molecule has 32 heavy (non-hydrogen) atoms. The smallest absolute Gasteiger partial charge is 0.311 e. The number of rotatable bonds is 3. The van der Waals surface area contributed by atoms with Gasteiger partial charge in [0.15, 0.2) is 5.82 Å². The van der Waals surface area contributed by atoms with E-state index in [0.29, 0.717) is 35.3 Å². The first-order chi connectivity index (χ1) is 15.7. The minimum Gasteiger partial charge on any atom is -0.438 e. The highest BCUT2D eigenvalue weighted by molar-refractivity contribution is 7.18. The molecular weight excluding hydrogens is 424 g/mol. The molecule has 4 aromatic rings. The van der Waals surface area contributed by atoms with Gasteiger partial charge in [0.25, 0.3) is 0 Å². The molecule has 6 rings (SSSR count). The van der Waals surface area contributed by atoms with E-state index in [9.17, 15) is 4.79 Å². The Morgan fingerprint density at radius 1 is 1.16 bits per heavy atom. The van der Waals surface area contributed by atoms with Gasteiger partial charge in [-0.1, -0.05) is 13.0 Å². The monoisotopic (exact) mass is 444 g/mol. The van der Waals surface area contributed by atoms with Crippen LogP contribution in [0.5, 0.6) is 17.4 Å². The highest BCUT2D eigenvalue weighted by Gasteiger charge is 2.26. The Bertz CT molecular complexity index is 1350. The standard InChI is InChI=1S/C24H20N4O3S/c1-13-10-20(29)31-18-11-14(6-7-15(13)18)30-23-21-16-4-2-3-5-19(16)32-24(21)28-22(27-23)17-12-25-8-9-26-17/h6-9,11-13H,2-5,10H2,1H3. The van der Waals surface area contributed by atoms with Crippen molar-refractivity contribution in [1.29, 1.82) is 0 Å². The topological polar surface area (TPSA) is 87.1 Å². The summed E-state index contributed by atoms with van der Waals surface area (Å²) in [7, 11) is 0. The van der Waals surface area contributed by atoms with E-state index in [2.05, 4.69) is 9.97 Å². The van der Waals surface area contributed by atoms with Gasteiger partial charge in [-0.3, -0.25) is 9.78 Å². The third-order valence-corrected chi connectivity index (χ3v) is 7.19. The van der Waals surface area contributed by atoms with E-state index in [1.54, 1.807) is 36.0 Å². The lowest BCUT2D eigenvalue weighted by Gasteiger charge is -2.21. The van der Waals surface area contributed by atoms with E-state index in [0.717, 1.165) is 35.0 Å². The van der Waals surface area contributed by atoms with E-state index in [1.807, 2.05) is 19.1 Å². The minimum absolute atomic E-state index is 0.123. The fraction of sp³-hybridized carbons (Fsp3) is 0.292. The zero-order valence-electron chi connectivity index (χ0n) is 17.5. The number of carbonyl (C=O) groups excluding carboxylic acids is 1. The van der Waals surface area contributed by atoms with Gasteiger partial charge in [0.05, 0.1) is 18.0 Å².